The van der Waals surface area contributed by atoms with E-state index in [0.29, 0.717) is 13.1 Å². The molecule has 0 radical (unpaired) electrons. The molecule has 0 aliphatic rings. The van der Waals surface area contributed by atoms with Crippen LogP contribution in [0.25, 0.3) is 0 Å². The van der Waals surface area contributed by atoms with Crippen molar-refractivity contribution in [3.05, 3.63) is 83.9 Å². The Labute approximate surface area is 156 Å². The van der Waals surface area contributed by atoms with Crippen LogP contribution in [0.5, 0.6) is 0 Å². The van der Waals surface area contributed by atoms with Crippen LogP contribution in [0.15, 0.2) is 71.8 Å². The number of nitrogens with zero attached hydrogens (tertiary/aromatic N) is 1. The van der Waals surface area contributed by atoms with Gasteiger partial charge in [0.1, 0.15) is 5.82 Å². The average molecular weight is 369 g/mol. The Hall–Kier alpha value is -2.73. The molecule has 0 bridgehead atoms. The van der Waals surface area contributed by atoms with Crippen molar-refractivity contribution >= 4 is 23.5 Å². The maximum Gasteiger partial charge on any atom is 0.319 e. The maximum absolute atomic E-state index is 13.0. The molecule has 3 rings (SSSR count). The second kappa shape index (κ2) is 8.58. The molecule has 4 nitrogen and oxygen atoms in total. The first-order valence-corrected chi connectivity index (χ1v) is 9.44. The number of carbonyl (C=O) groups excluding carboxylic acids is 1. The van der Waals surface area contributed by atoms with Gasteiger partial charge in [0.2, 0.25) is 0 Å². The first-order valence-electron chi connectivity index (χ1n) is 8.21. The van der Waals surface area contributed by atoms with Gasteiger partial charge in [-0.1, -0.05) is 18.2 Å². The molecule has 3 aromatic rings. The van der Waals surface area contributed by atoms with Crippen LogP contribution in [0.3, 0.4) is 0 Å². The Bertz CT molecular complexity index is 877. The van der Waals surface area contributed by atoms with Crippen molar-refractivity contribution < 1.29 is 9.18 Å². The summed E-state index contributed by atoms with van der Waals surface area (Å²) in [7, 11) is 0. The van der Waals surface area contributed by atoms with Gasteiger partial charge >= 0.3 is 6.03 Å². The van der Waals surface area contributed by atoms with E-state index in [1.165, 1.54) is 12.1 Å². The highest BCUT2D eigenvalue weighted by atomic mass is 32.2. The third kappa shape index (κ3) is 4.89. The van der Waals surface area contributed by atoms with E-state index in [-0.39, 0.29) is 11.8 Å². The lowest BCUT2D eigenvalue weighted by Crippen LogP contribution is -2.29. The molecule has 0 atom stereocenters. The number of carbonyl (C=O) groups is 1. The number of benzene rings is 2. The zero-order valence-electron chi connectivity index (χ0n) is 14.4. The molecule has 134 valence electrons. The molecule has 2 N–H and O–H groups in total. The summed E-state index contributed by atoms with van der Waals surface area (Å²) in [5.41, 5.74) is 2.74. The second-order valence-corrected chi connectivity index (χ2v) is 6.67. The van der Waals surface area contributed by atoms with Crippen molar-refractivity contribution in [2.75, 3.05) is 11.6 Å². The van der Waals surface area contributed by atoms with Gasteiger partial charge in [-0.05, 0) is 54.3 Å². The van der Waals surface area contributed by atoms with Crippen LogP contribution in [0, 0.1) is 5.82 Å². The van der Waals surface area contributed by atoms with E-state index >= 15 is 0 Å². The van der Waals surface area contributed by atoms with Crippen LogP contribution in [0.4, 0.5) is 14.9 Å². The number of amides is 2. The van der Waals surface area contributed by atoms with E-state index in [9.17, 15) is 9.18 Å². The fourth-order valence-electron chi connectivity index (χ4n) is 2.60. The summed E-state index contributed by atoms with van der Waals surface area (Å²) in [5, 5.41) is 5.71. The van der Waals surface area contributed by atoms with Crippen LogP contribution in [-0.2, 0) is 13.1 Å². The number of thioether (sulfide) groups is 1. The van der Waals surface area contributed by atoms with Crippen LogP contribution in [0.1, 0.15) is 11.3 Å². The van der Waals surface area contributed by atoms with Crippen molar-refractivity contribution in [3.8, 4) is 0 Å². The van der Waals surface area contributed by atoms with Crippen molar-refractivity contribution in [3.63, 3.8) is 0 Å². The van der Waals surface area contributed by atoms with Gasteiger partial charge in [-0.3, -0.25) is 0 Å². The standard InChI is InChI=1S/C20H20FN3OS/c1-26-19-6-2-4-17(12-19)23-20(25)22-13-18-5-3-11-24(18)14-15-7-9-16(21)10-8-15/h2-12H,13-14H2,1H3,(H2,22,23,25). The number of aromatic nitrogens is 1. The van der Waals surface area contributed by atoms with Gasteiger partial charge in [-0.25, -0.2) is 9.18 Å². The average Bonchev–Trinajstić information content (AvgIpc) is 3.09. The van der Waals surface area contributed by atoms with Gasteiger partial charge in [0.25, 0.3) is 0 Å². The number of urea groups is 1. The largest absolute Gasteiger partial charge is 0.345 e. The molecule has 1 aromatic heterocycles. The molecule has 1 heterocycles. The highest BCUT2D eigenvalue weighted by Crippen LogP contribution is 2.18. The summed E-state index contributed by atoms with van der Waals surface area (Å²) in [6.45, 7) is 1.03. The molecule has 2 aromatic carbocycles. The van der Waals surface area contributed by atoms with E-state index in [4.69, 9.17) is 0 Å². The Morgan fingerprint density at radius 1 is 1.12 bits per heavy atom. The molecule has 0 aliphatic carbocycles. The molecule has 6 heteroatoms. The third-order valence-electron chi connectivity index (χ3n) is 3.95. The number of nitrogens with one attached hydrogen (secondary N) is 2. The molecule has 0 saturated heterocycles. The van der Waals surface area contributed by atoms with Crippen molar-refractivity contribution in [1.82, 2.24) is 9.88 Å². The summed E-state index contributed by atoms with van der Waals surface area (Å²) in [5.74, 6) is -0.245. The van der Waals surface area contributed by atoms with E-state index in [0.717, 1.165) is 21.8 Å². The molecule has 0 fully saturated rings. The molecule has 0 spiro atoms. The summed E-state index contributed by atoms with van der Waals surface area (Å²) >= 11 is 1.63. The Morgan fingerprint density at radius 2 is 1.92 bits per heavy atom. The normalized spacial score (nSPS) is 10.5. The SMILES string of the molecule is CSc1cccc(NC(=O)NCc2cccn2Cc2ccc(F)cc2)c1. The summed E-state index contributed by atoms with van der Waals surface area (Å²) in [4.78, 5) is 13.2. The first-order chi connectivity index (χ1) is 12.6. The fraction of sp³-hybridized carbons (Fsp3) is 0.150. The van der Waals surface area contributed by atoms with Crippen molar-refractivity contribution in [1.29, 1.82) is 0 Å². The second-order valence-electron chi connectivity index (χ2n) is 5.79. The van der Waals surface area contributed by atoms with Crippen LogP contribution < -0.4 is 10.6 Å². The van der Waals surface area contributed by atoms with E-state index in [2.05, 4.69) is 10.6 Å². The van der Waals surface area contributed by atoms with Gasteiger partial charge in [0, 0.05) is 29.0 Å². The fourth-order valence-corrected chi connectivity index (χ4v) is 3.06. The van der Waals surface area contributed by atoms with Gasteiger partial charge in [0.05, 0.1) is 6.54 Å². The zero-order valence-corrected chi connectivity index (χ0v) is 15.2. The van der Waals surface area contributed by atoms with E-state index in [1.54, 1.807) is 23.9 Å². The lowest BCUT2D eigenvalue weighted by atomic mass is 10.2. The number of halogens is 1. The number of anilines is 1. The van der Waals surface area contributed by atoms with Gasteiger partial charge in [0.15, 0.2) is 0 Å². The molecule has 0 saturated carbocycles. The van der Waals surface area contributed by atoms with E-state index < -0.39 is 0 Å². The monoisotopic (exact) mass is 369 g/mol. The van der Waals surface area contributed by atoms with Crippen molar-refractivity contribution in [2.45, 2.75) is 18.0 Å². The summed E-state index contributed by atoms with van der Waals surface area (Å²) in [6, 6.07) is 17.8. The first kappa shape index (κ1) is 18.1. The van der Waals surface area contributed by atoms with Crippen LogP contribution in [0.2, 0.25) is 0 Å². The molecule has 26 heavy (non-hydrogen) atoms. The molecule has 2 amide bonds. The smallest absolute Gasteiger partial charge is 0.319 e. The van der Waals surface area contributed by atoms with Gasteiger partial charge in [-0.2, -0.15) is 0 Å². The predicted octanol–water partition coefficient (Wildman–Crippen LogP) is 4.72. The van der Waals surface area contributed by atoms with Gasteiger partial charge < -0.3 is 15.2 Å². The number of hydrogen-bond acceptors (Lipinski definition) is 2. The maximum atomic E-state index is 13.0. The van der Waals surface area contributed by atoms with E-state index in [1.807, 2.05) is 53.4 Å². The Morgan fingerprint density at radius 3 is 2.69 bits per heavy atom. The topological polar surface area (TPSA) is 46.1 Å². The number of rotatable bonds is 6. The molecule has 0 unspecified atom stereocenters. The lowest BCUT2D eigenvalue weighted by molar-refractivity contribution is 0.251. The summed E-state index contributed by atoms with van der Waals surface area (Å²) in [6.07, 6.45) is 3.94. The Kier molecular flexibility index (Phi) is 5.96. The molecule has 0 aliphatic heterocycles. The number of hydrogen-bond donors (Lipinski definition) is 2. The minimum atomic E-state index is -0.252. The molecular formula is C20H20FN3OS. The van der Waals surface area contributed by atoms with Gasteiger partial charge in [-0.15, -0.1) is 11.8 Å². The van der Waals surface area contributed by atoms with Crippen molar-refractivity contribution in [2.24, 2.45) is 0 Å². The highest BCUT2D eigenvalue weighted by molar-refractivity contribution is 7.98. The Balaban J connectivity index is 1.57. The highest BCUT2D eigenvalue weighted by Gasteiger charge is 2.06. The predicted molar refractivity (Wildman–Crippen MR) is 104 cm³/mol. The lowest BCUT2D eigenvalue weighted by Gasteiger charge is -2.12. The third-order valence-corrected chi connectivity index (χ3v) is 4.67. The minimum Gasteiger partial charge on any atom is -0.345 e. The summed E-state index contributed by atoms with van der Waals surface area (Å²) < 4.78 is 15.0. The quantitative estimate of drug-likeness (QED) is 0.618. The molecular weight excluding hydrogens is 349 g/mol. The zero-order chi connectivity index (χ0) is 18.4. The van der Waals surface area contributed by atoms with Crippen LogP contribution >= 0.6 is 11.8 Å². The van der Waals surface area contributed by atoms with Crippen LogP contribution in [-0.4, -0.2) is 16.9 Å². The minimum absolute atomic E-state index is 0.245.